The van der Waals surface area contributed by atoms with Gasteiger partial charge in [0, 0.05) is 5.38 Å². The Morgan fingerprint density at radius 2 is 2.14 bits per heavy atom. The van der Waals surface area contributed by atoms with E-state index >= 15 is 0 Å². The number of nitrogens with one attached hydrogen (secondary N) is 1. The molecular formula is C9H10N4O6S2. The Morgan fingerprint density at radius 1 is 1.52 bits per heavy atom. The zero-order chi connectivity index (χ0) is 15.9. The van der Waals surface area contributed by atoms with Gasteiger partial charge >= 0.3 is 10.3 Å². The quantitative estimate of drug-likeness (QED) is 0.257. The summed E-state index contributed by atoms with van der Waals surface area (Å²) >= 11 is 0.972. The van der Waals surface area contributed by atoms with Crippen molar-refractivity contribution in [3.05, 3.63) is 11.1 Å². The third-order valence-electron chi connectivity index (χ3n) is 2.83. The van der Waals surface area contributed by atoms with Crippen molar-refractivity contribution in [1.82, 2.24) is 14.6 Å². The van der Waals surface area contributed by atoms with Crippen LogP contribution in [0.5, 0.6) is 0 Å². The van der Waals surface area contributed by atoms with Gasteiger partial charge < -0.3 is 11.1 Å². The predicted octanol–water partition coefficient (Wildman–Crippen LogP) is -1.57. The van der Waals surface area contributed by atoms with Gasteiger partial charge in [-0.05, 0) is 6.92 Å². The number of Topliss-reactive ketones (excluding diaryl/α,β-unsaturated/α-hetero) is 1. The molecule has 10 nitrogen and oxygen atoms in total. The third kappa shape index (κ3) is 2.72. The lowest BCUT2D eigenvalue weighted by Gasteiger charge is -2.41. The van der Waals surface area contributed by atoms with Crippen LogP contribution in [0, 0.1) is 0 Å². The molecule has 4 N–H and O–H groups in total. The van der Waals surface area contributed by atoms with Gasteiger partial charge in [-0.3, -0.25) is 18.9 Å². The summed E-state index contributed by atoms with van der Waals surface area (Å²) in [6.45, 7) is 1.30. The highest BCUT2D eigenvalue weighted by Crippen LogP contribution is 2.23. The summed E-state index contributed by atoms with van der Waals surface area (Å²) in [5.41, 5.74) is 5.17. The molecule has 1 aliphatic heterocycles. The van der Waals surface area contributed by atoms with Crippen LogP contribution in [0.3, 0.4) is 0 Å². The van der Waals surface area contributed by atoms with Crippen LogP contribution in [0.15, 0.2) is 5.38 Å². The van der Waals surface area contributed by atoms with Crippen molar-refractivity contribution in [2.75, 3.05) is 5.73 Å². The molecule has 114 valence electrons. The summed E-state index contributed by atoms with van der Waals surface area (Å²) in [5.74, 6) is -3.13. The van der Waals surface area contributed by atoms with Crippen LogP contribution >= 0.6 is 11.3 Å². The maximum Gasteiger partial charge on any atom is 0.362 e. The molecule has 1 aliphatic rings. The van der Waals surface area contributed by atoms with E-state index in [2.05, 4.69) is 10.3 Å². The van der Waals surface area contributed by atoms with Gasteiger partial charge in [0.25, 0.3) is 17.6 Å². The molecule has 1 aromatic heterocycles. The molecule has 12 heteroatoms. The number of nitrogens with zero attached hydrogens (tertiary/aromatic N) is 2. The Balaban J connectivity index is 2.05. The van der Waals surface area contributed by atoms with E-state index in [9.17, 15) is 22.8 Å². The molecule has 0 aliphatic carbocycles. The van der Waals surface area contributed by atoms with Gasteiger partial charge in [-0.15, -0.1) is 11.3 Å². The van der Waals surface area contributed by atoms with Crippen molar-refractivity contribution in [2.45, 2.75) is 19.0 Å². The number of carbonyl (C=O) groups is 3. The zero-order valence-corrected chi connectivity index (χ0v) is 12.1. The lowest BCUT2D eigenvalue weighted by atomic mass is 10.0. The molecule has 1 saturated heterocycles. The molecule has 2 atom stereocenters. The molecule has 1 aromatic rings. The number of carbonyl (C=O) groups excluding carboxylic acids is 3. The minimum Gasteiger partial charge on any atom is -0.375 e. The number of amides is 2. The van der Waals surface area contributed by atoms with Crippen LogP contribution in [0.2, 0.25) is 0 Å². The Bertz CT molecular complexity index is 726. The second-order valence-corrected chi connectivity index (χ2v) is 6.38. The molecule has 0 unspecified atom stereocenters. The molecule has 0 aromatic carbocycles. The fourth-order valence-electron chi connectivity index (χ4n) is 1.82. The third-order valence-corrected chi connectivity index (χ3v) is 4.52. The predicted molar refractivity (Wildman–Crippen MR) is 70.6 cm³/mol. The number of anilines is 1. The van der Waals surface area contributed by atoms with E-state index in [1.54, 1.807) is 0 Å². The Kier molecular flexibility index (Phi) is 3.69. The molecule has 0 spiro atoms. The largest absolute Gasteiger partial charge is 0.375 e. The average Bonchev–Trinajstić information content (AvgIpc) is 2.80. The highest BCUT2D eigenvalue weighted by atomic mass is 32.2. The first-order valence-electron chi connectivity index (χ1n) is 5.50. The Labute approximate surface area is 122 Å². The first-order valence-corrected chi connectivity index (χ1v) is 7.77. The molecule has 0 bridgehead atoms. The minimum absolute atomic E-state index is 0.108. The zero-order valence-electron chi connectivity index (χ0n) is 10.5. The summed E-state index contributed by atoms with van der Waals surface area (Å²) in [6, 6.07) is -2.20. The fraction of sp³-hybridized carbons (Fsp3) is 0.333. The van der Waals surface area contributed by atoms with E-state index in [0.717, 1.165) is 11.3 Å². The van der Waals surface area contributed by atoms with Crippen molar-refractivity contribution in [3.63, 3.8) is 0 Å². The number of hydrogen-bond acceptors (Lipinski definition) is 8. The first kappa shape index (κ1) is 15.3. The van der Waals surface area contributed by atoms with Crippen LogP contribution in [-0.2, 0) is 19.9 Å². The highest BCUT2D eigenvalue weighted by Gasteiger charge is 2.51. The second kappa shape index (κ2) is 5.05. The number of nitrogens with two attached hydrogens (primary N) is 1. The van der Waals surface area contributed by atoms with Gasteiger partial charge in [0.05, 0.1) is 6.04 Å². The van der Waals surface area contributed by atoms with E-state index in [-0.39, 0.29) is 15.1 Å². The fourth-order valence-corrected chi connectivity index (χ4v) is 3.24. The maximum atomic E-state index is 11.7. The molecule has 0 radical (unpaired) electrons. The lowest BCUT2D eigenvalue weighted by Crippen LogP contribution is -2.71. The van der Waals surface area contributed by atoms with Crippen molar-refractivity contribution in [2.24, 2.45) is 0 Å². The number of hydrogen-bond donors (Lipinski definition) is 3. The molecule has 0 saturated carbocycles. The van der Waals surface area contributed by atoms with Crippen LogP contribution < -0.4 is 11.1 Å². The number of nitrogen functional groups attached to an aromatic ring is 1. The van der Waals surface area contributed by atoms with Gasteiger partial charge in [0.15, 0.2) is 5.13 Å². The van der Waals surface area contributed by atoms with Gasteiger partial charge in [-0.2, -0.15) is 8.42 Å². The molecule has 2 heterocycles. The summed E-state index contributed by atoms with van der Waals surface area (Å²) in [4.78, 5) is 38.6. The molecular weight excluding hydrogens is 324 g/mol. The standard InChI is InChI=1S/C9H10N4O6S2/c1-3-5(8(16)13(3)21(17,18)19)12-7(15)6(14)4-2-20-9(10)11-4/h2-3,5H,1H3,(H2,10,11)(H,12,15)(H,17,18,19)/t3-,5+/m0/s1. The number of ketones is 1. The van der Waals surface area contributed by atoms with E-state index in [0.29, 0.717) is 0 Å². The maximum absolute atomic E-state index is 11.7. The van der Waals surface area contributed by atoms with Crippen molar-refractivity contribution in [1.29, 1.82) is 0 Å². The average molecular weight is 334 g/mol. The molecule has 1 fully saturated rings. The topological polar surface area (TPSA) is 160 Å². The SMILES string of the molecule is C[C@H]1[C@@H](NC(=O)C(=O)c2csc(N)n2)C(=O)N1S(=O)(=O)O. The summed E-state index contributed by atoms with van der Waals surface area (Å²) < 4.78 is 30.8. The van der Waals surface area contributed by atoms with Gasteiger partial charge in [-0.25, -0.2) is 9.29 Å². The smallest absolute Gasteiger partial charge is 0.362 e. The molecule has 21 heavy (non-hydrogen) atoms. The summed E-state index contributed by atoms with van der Waals surface area (Å²) in [6.07, 6.45) is 0. The van der Waals surface area contributed by atoms with Gasteiger partial charge in [0.1, 0.15) is 11.7 Å². The Morgan fingerprint density at radius 3 is 2.57 bits per heavy atom. The van der Waals surface area contributed by atoms with E-state index < -0.39 is 40.0 Å². The van der Waals surface area contributed by atoms with E-state index in [4.69, 9.17) is 10.3 Å². The first-order chi connectivity index (χ1) is 9.62. The van der Waals surface area contributed by atoms with Crippen LogP contribution in [0.4, 0.5) is 5.13 Å². The lowest BCUT2D eigenvalue weighted by molar-refractivity contribution is -0.144. The monoisotopic (exact) mass is 334 g/mol. The van der Waals surface area contributed by atoms with Crippen molar-refractivity contribution < 1.29 is 27.4 Å². The van der Waals surface area contributed by atoms with Crippen LogP contribution in [0.25, 0.3) is 0 Å². The number of rotatable bonds is 4. The normalized spacial score (nSPS) is 21.8. The van der Waals surface area contributed by atoms with Crippen LogP contribution in [-0.4, -0.2) is 51.9 Å². The van der Waals surface area contributed by atoms with E-state index in [1.165, 1.54) is 12.3 Å². The number of aromatic nitrogens is 1. The summed E-state index contributed by atoms with van der Waals surface area (Å²) in [5, 5.41) is 3.49. The van der Waals surface area contributed by atoms with E-state index in [1.807, 2.05) is 0 Å². The van der Waals surface area contributed by atoms with Gasteiger partial charge in [0.2, 0.25) is 0 Å². The molecule has 2 amide bonds. The van der Waals surface area contributed by atoms with Gasteiger partial charge in [-0.1, -0.05) is 0 Å². The number of β-lactam (4-membered cyclic amide) rings is 1. The van der Waals surface area contributed by atoms with Crippen molar-refractivity contribution >= 4 is 44.4 Å². The van der Waals surface area contributed by atoms with Crippen LogP contribution in [0.1, 0.15) is 17.4 Å². The second-order valence-electron chi connectivity index (χ2n) is 4.20. The van der Waals surface area contributed by atoms with Crippen molar-refractivity contribution in [3.8, 4) is 0 Å². The Hall–Kier alpha value is -2.05. The minimum atomic E-state index is -4.68. The molecule has 2 rings (SSSR count). The number of thiazole rings is 1. The highest BCUT2D eigenvalue weighted by molar-refractivity contribution is 7.84. The summed E-state index contributed by atoms with van der Waals surface area (Å²) in [7, 11) is -4.68.